The van der Waals surface area contributed by atoms with E-state index in [0.29, 0.717) is 12.5 Å². The van der Waals surface area contributed by atoms with Gasteiger partial charge < -0.3 is 16.4 Å². The molecule has 0 aliphatic heterocycles. The number of anilines is 2. The van der Waals surface area contributed by atoms with Crippen LogP contribution in [0.15, 0.2) is 91.5 Å². The Kier molecular flexibility index (Phi) is 8.52. The summed E-state index contributed by atoms with van der Waals surface area (Å²) in [5.41, 5.74) is 12.1. The van der Waals surface area contributed by atoms with Crippen LogP contribution in [0.2, 0.25) is 0 Å². The first-order chi connectivity index (χ1) is 15.6. The number of nitrogens with two attached hydrogens (primary N) is 1. The minimum absolute atomic E-state index is 0.231. The van der Waals surface area contributed by atoms with Crippen LogP contribution < -0.4 is 16.4 Å². The molecular formula is C29H37N3. The average molecular weight is 428 g/mol. The molecule has 3 rings (SSSR count). The Hall–Kier alpha value is -3.04. The molecule has 3 aromatic carbocycles. The van der Waals surface area contributed by atoms with Crippen molar-refractivity contribution in [2.45, 2.75) is 31.6 Å². The fourth-order valence-corrected chi connectivity index (χ4v) is 4.88. The van der Waals surface area contributed by atoms with Gasteiger partial charge in [-0.15, -0.1) is 6.58 Å². The molecule has 3 heteroatoms. The molecule has 3 nitrogen and oxygen atoms in total. The second-order valence-electron chi connectivity index (χ2n) is 8.56. The molecule has 32 heavy (non-hydrogen) atoms. The topological polar surface area (TPSA) is 50.1 Å². The maximum Gasteiger partial charge on any atom is 0.0379 e. The lowest BCUT2D eigenvalue weighted by Gasteiger charge is -2.41. The molecule has 2 atom stereocenters. The first-order valence-electron chi connectivity index (χ1n) is 11.6. The summed E-state index contributed by atoms with van der Waals surface area (Å²) in [7, 11) is 1.99. The lowest BCUT2D eigenvalue weighted by Crippen LogP contribution is -2.38. The second kappa shape index (κ2) is 11.5. The molecule has 2 unspecified atom stereocenters. The highest BCUT2D eigenvalue weighted by molar-refractivity contribution is 5.57. The van der Waals surface area contributed by atoms with Gasteiger partial charge in [0.1, 0.15) is 0 Å². The first-order valence-corrected chi connectivity index (χ1v) is 11.6. The molecule has 0 spiro atoms. The molecule has 0 radical (unpaired) electrons. The summed E-state index contributed by atoms with van der Waals surface area (Å²) in [6, 6.07) is 27.9. The fourth-order valence-electron chi connectivity index (χ4n) is 4.88. The molecule has 0 aromatic heterocycles. The number of allylic oxidation sites excluding steroid dienone is 1. The lowest BCUT2D eigenvalue weighted by atomic mass is 9.64. The van der Waals surface area contributed by atoms with Gasteiger partial charge in [-0.2, -0.15) is 0 Å². The number of hydrogen-bond acceptors (Lipinski definition) is 3. The van der Waals surface area contributed by atoms with Crippen LogP contribution in [0.25, 0.3) is 0 Å². The molecule has 168 valence electrons. The van der Waals surface area contributed by atoms with E-state index in [2.05, 4.69) is 103 Å². The Balaban J connectivity index is 1.99. The molecule has 0 saturated carbocycles. The molecule has 0 heterocycles. The van der Waals surface area contributed by atoms with Gasteiger partial charge in [0.25, 0.3) is 0 Å². The SMILES string of the molecule is C=CC(Cc1cccc(C)c1)(c1ccccc1NC)C(CCN)CCNc1ccccc1. The van der Waals surface area contributed by atoms with Crippen LogP contribution in [0.5, 0.6) is 0 Å². The van der Waals surface area contributed by atoms with E-state index in [1.54, 1.807) is 0 Å². The molecular weight excluding hydrogens is 390 g/mol. The zero-order valence-electron chi connectivity index (χ0n) is 19.5. The molecule has 0 aliphatic rings. The van der Waals surface area contributed by atoms with Gasteiger partial charge in [0.05, 0.1) is 0 Å². The Morgan fingerprint density at radius 1 is 0.969 bits per heavy atom. The Morgan fingerprint density at radius 3 is 2.41 bits per heavy atom. The predicted octanol–water partition coefficient (Wildman–Crippen LogP) is 6.17. The summed E-state index contributed by atoms with van der Waals surface area (Å²) < 4.78 is 0. The molecule has 0 fully saturated rings. The first kappa shape index (κ1) is 23.6. The third-order valence-electron chi connectivity index (χ3n) is 6.48. The molecule has 3 aromatic rings. The number of nitrogens with one attached hydrogen (secondary N) is 2. The van der Waals surface area contributed by atoms with E-state index >= 15 is 0 Å². The number of aryl methyl sites for hydroxylation is 1. The average Bonchev–Trinajstić information content (AvgIpc) is 2.83. The second-order valence-corrected chi connectivity index (χ2v) is 8.56. The summed E-state index contributed by atoms with van der Waals surface area (Å²) in [6.07, 6.45) is 5.01. The standard InChI is InChI=1S/C29H37N3/c1-4-29(22-24-12-10-11-23(2)21-24,27-15-8-9-16-28(27)31-3)25(17-19-30)18-20-32-26-13-6-5-7-14-26/h4-16,21,25,31-32H,1,17-20,22,30H2,2-3H3. The largest absolute Gasteiger partial charge is 0.388 e. The van der Waals surface area contributed by atoms with Gasteiger partial charge in [-0.1, -0.05) is 72.3 Å². The van der Waals surface area contributed by atoms with Crippen molar-refractivity contribution in [1.82, 2.24) is 0 Å². The van der Waals surface area contributed by atoms with Crippen molar-refractivity contribution in [3.05, 3.63) is 108 Å². The minimum Gasteiger partial charge on any atom is -0.388 e. The van der Waals surface area contributed by atoms with Gasteiger partial charge in [0.15, 0.2) is 0 Å². The van der Waals surface area contributed by atoms with Gasteiger partial charge >= 0.3 is 0 Å². The van der Waals surface area contributed by atoms with Crippen molar-refractivity contribution in [3.63, 3.8) is 0 Å². The highest BCUT2D eigenvalue weighted by atomic mass is 14.9. The molecule has 4 N–H and O–H groups in total. The highest BCUT2D eigenvalue weighted by Gasteiger charge is 2.38. The third kappa shape index (κ3) is 5.60. The van der Waals surface area contributed by atoms with Gasteiger partial charge in [-0.05, 0) is 68.0 Å². The van der Waals surface area contributed by atoms with Crippen LogP contribution in [0.1, 0.15) is 29.5 Å². The van der Waals surface area contributed by atoms with E-state index in [1.807, 2.05) is 13.1 Å². The zero-order valence-corrected chi connectivity index (χ0v) is 19.5. The number of benzene rings is 3. The Labute approximate surface area is 193 Å². The van der Waals surface area contributed by atoms with Gasteiger partial charge in [0, 0.05) is 30.4 Å². The molecule has 0 bridgehead atoms. The van der Waals surface area contributed by atoms with E-state index in [4.69, 9.17) is 5.73 Å². The van der Waals surface area contributed by atoms with Crippen molar-refractivity contribution in [2.24, 2.45) is 11.7 Å². The summed E-state index contributed by atoms with van der Waals surface area (Å²) in [5, 5.41) is 7.01. The van der Waals surface area contributed by atoms with Gasteiger partial charge in [-0.25, -0.2) is 0 Å². The molecule has 0 amide bonds. The van der Waals surface area contributed by atoms with Crippen molar-refractivity contribution in [1.29, 1.82) is 0 Å². The Morgan fingerprint density at radius 2 is 1.72 bits per heavy atom. The predicted molar refractivity (Wildman–Crippen MR) is 139 cm³/mol. The zero-order chi connectivity index (χ0) is 22.8. The van der Waals surface area contributed by atoms with Crippen molar-refractivity contribution in [2.75, 3.05) is 30.8 Å². The van der Waals surface area contributed by atoms with E-state index < -0.39 is 0 Å². The summed E-state index contributed by atoms with van der Waals surface area (Å²) in [5.74, 6) is 0.344. The summed E-state index contributed by atoms with van der Waals surface area (Å²) in [6.45, 7) is 8.08. The monoisotopic (exact) mass is 427 g/mol. The maximum absolute atomic E-state index is 6.16. The van der Waals surface area contributed by atoms with E-state index in [9.17, 15) is 0 Å². The smallest absolute Gasteiger partial charge is 0.0379 e. The van der Waals surface area contributed by atoms with Crippen LogP contribution in [-0.4, -0.2) is 20.1 Å². The molecule has 0 aliphatic carbocycles. The van der Waals surface area contributed by atoms with Gasteiger partial charge in [0.2, 0.25) is 0 Å². The highest BCUT2D eigenvalue weighted by Crippen LogP contribution is 2.44. The lowest BCUT2D eigenvalue weighted by molar-refractivity contribution is 0.299. The third-order valence-corrected chi connectivity index (χ3v) is 6.48. The number of rotatable bonds is 12. The maximum atomic E-state index is 6.16. The van der Waals surface area contributed by atoms with Crippen LogP contribution in [0.3, 0.4) is 0 Å². The summed E-state index contributed by atoms with van der Waals surface area (Å²) >= 11 is 0. The van der Waals surface area contributed by atoms with E-state index in [-0.39, 0.29) is 5.41 Å². The van der Waals surface area contributed by atoms with Crippen LogP contribution in [-0.2, 0) is 11.8 Å². The fraction of sp³-hybridized carbons (Fsp3) is 0.310. The van der Waals surface area contributed by atoms with E-state index in [1.165, 1.54) is 16.7 Å². The Bertz CT molecular complexity index is 982. The van der Waals surface area contributed by atoms with Gasteiger partial charge in [-0.3, -0.25) is 0 Å². The van der Waals surface area contributed by atoms with Crippen molar-refractivity contribution < 1.29 is 0 Å². The summed E-state index contributed by atoms with van der Waals surface area (Å²) in [4.78, 5) is 0. The van der Waals surface area contributed by atoms with E-state index in [0.717, 1.165) is 37.2 Å². The normalized spacial score (nSPS) is 13.7. The van der Waals surface area contributed by atoms with Crippen LogP contribution >= 0.6 is 0 Å². The number of para-hydroxylation sites is 2. The van der Waals surface area contributed by atoms with Crippen molar-refractivity contribution in [3.8, 4) is 0 Å². The van der Waals surface area contributed by atoms with Crippen LogP contribution in [0, 0.1) is 12.8 Å². The minimum atomic E-state index is -0.231. The van der Waals surface area contributed by atoms with Crippen LogP contribution in [0.4, 0.5) is 11.4 Å². The number of hydrogen-bond donors (Lipinski definition) is 3. The van der Waals surface area contributed by atoms with Crippen molar-refractivity contribution >= 4 is 11.4 Å². The molecule has 0 saturated heterocycles. The quantitative estimate of drug-likeness (QED) is 0.303.